The molecule has 2 N–H and O–H groups in total. The van der Waals surface area contributed by atoms with Crippen molar-refractivity contribution in [3.63, 3.8) is 0 Å². The Bertz CT molecular complexity index is 1170. The number of aromatic nitrogens is 1. The number of rotatable bonds is 3. The third-order valence-electron chi connectivity index (χ3n) is 5.37. The largest absolute Gasteiger partial charge is 0.303 e. The van der Waals surface area contributed by atoms with Gasteiger partial charge in [-0.05, 0) is 41.3 Å². The van der Waals surface area contributed by atoms with Crippen LogP contribution in [0.25, 0.3) is 0 Å². The van der Waals surface area contributed by atoms with E-state index in [2.05, 4.69) is 30.7 Å². The van der Waals surface area contributed by atoms with Crippen LogP contribution in [0.5, 0.6) is 0 Å². The Kier molecular flexibility index (Phi) is 5.41. The Hall–Kier alpha value is -3.38. The molecule has 0 saturated heterocycles. The molecule has 0 bridgehead atoms. The van der Waals surface area contributed by atoms with Crippen LogP contribution < -0.4 is 10.6 Å². The number of fused-ring (bicyclic) bond motifs is 1. The van der Waals surface area contributed by atoms with E-state index in [1.165, 1.54) is 6.07 Å². The van der Waals surface area contributed by atoms with Crippen molar-refractivity contribution in [1.82, 2.24) is 4.98 Å². The average molecular weight is 417 g/mol. The number of pyridine rings is 1. The minimum absolute atomic E-state index is 0.0457. The molecule has 1 aromatic heterocycles. The predicted octanol–water partition coefficient (Wildman–Crippen LogP) is 4.19. The Labute approximate surface area is 181 Å². The maximum absolute atomic E-state index is 14.6. The van der Waals surface area contributed by atoms with Crippen LogP contribution in [0, 0.1) is 5.82 Å². The SMILES string of the molecule is CC(C)(C)c1ccnc(CN2C(=O)[C@@H](N)N=C(c3ccccc3F)c3ccccc32)c1. The van der Waals surface area contributed by atoms with Gasteiger partial charge in [0.25, 0.3) is 5.91 Å². The van der Waals surface area contributed by atoms with Gasteiger partial charge in [-0.1, -0.05) is 51.1 Å². The van der Waals surface area contributed by atoms with Crippen LogP contribution in [-0.2, 0) is 16.8 Å². The van der Waals surface area contributed by atoms with Crippen molar-refractivity contribution in [1.29, 1.82) is 0 Å². The lowest BCUT2D eigenvalue weighted by Gasteiger charge is -2.25. The summed E-state index contributed by atoms with van der Waals surface area (Å²) in [6.07, 6.45) is 0.610. The van der Waals surface area contributed by atoms with Crippen LogP contribution in [-0.4, -0.2) is 22.8 Å². The lowest BCUT2D eigenvalue weighted by molar-refractivity contribution is -0.119. The van der Waals surface area contributed by atoms with Gasteiger partial charge in [-0.15, -0.1) is 0 Å². The van der Waals surface area contributed by atoms with Crippen molar-refractivity contribution < 1.29 is 9.18 Å². The van der Waals surface area contributed by atoms with E-state index in [0.717, 1.165) is 11.3 Å². The summed E-state index contributed by atoms with van der Waals surface area (Å²) in [5.41, 5.74) is 9.95. The van der Waals surface area contributed by atoms with Gasteiger partial charge in [0.15, 0.2) is 6.17 Å². The van der Waals surface area contributed by atoms with Gasteiger partial charge >= 0.3 is 0 Å². The second-order valence-electron chi connectivity index (χ2n) is 8.63. The molecule has 1 aliphatic heterocycles. The van der Waals surface area contributed by atoms with Crippen LogP contribution >= 0.6 is 0 Å². The zero-order chi connectivity index (χ0) is 22.2. The lowest BCUT2D eigenvalue weighted by Crippen LogP contribution is -2.42. The maximum atomic E-state index is 14.6. The van der Waals surface area contributed by atoms with Gasteiger partial charge in [0.2, 0.25) is 0 Å². The number of anilines is 1. The van der Waals surface area contributed by atoms with Crippen LogP contribution in [0.4, 0.5) is 10.1 Å². The summed E-state index contributed by atoms with van der Waals surface area (Å²) in [5, 5.41) is 0. The summed E-state index contributed by atoms with van der Waals surface area (Å²) in [7, 11) is 0. The summed E-state index contributed by atoms with van der Waals surface area (Å²) in [5.74, 6) is -0.773. The van der Waals surface area contributed by atoms with Crippen molar-refractivity contribution in [3.05, 3.63) is 95.1 Å². The number of benzene rings is 2. The van der Waals surface area contributed by atoms with Gasteiger partial charge in [-0.2, -0.15) is 0 Å². The van der Waals surface area contributed by atoms with Gasteiger partial charge in [-0.25, -0.2) is 4.39 Å². The van der Waals surface area contributed by atoms with E-state index >= 15 is 0 Å². The molecule has 0 saturated carbocycles. The number of para-hydroxylation sites is 1. The first-order chi connectivity index (χ1) is 14.8. The van der Waals surface area contributed by atoms with Crippen molar-refractivity contribution in [3.8, 4) is 0 Å². The van der Waals surface area contributed by atoms with Gasteiger partial charge in [-0.3, -0.25) is 14.8 Å². The Balaban J connectivity index is 1.81. The summed E-state index contributed by atoms with van der Waals surface area (Å²) in [4.78, 5) is 23.7. The maximum Gasteiger partial charge on any atom is 0.266 e. The number of amides is 1. The third-order valence-corrected chi connectivity index (χ3v) is 5.37. The zero-order valence-corrected chi connectivity index (χ0v) is 17.8. The predicted molar refractivity (Wildman–Crippen MR) is 121 cm³/mol. The molecule has 1 atom stereocenters. The number of carbonyl (C=O) groups excluding carboxylic acids is 1. The first-order valence-corrected chi connectivity index (χ1v) is 10.2. The number of nitrogens with zero attached hydrogens (tertiary/aromatic N) is 3. The van der Waals surface area contributed by atoms with E-state index < -0.39 is 12.0 Å². The fourth-order valence-electron chi connectivity index (χ4n) is 3.68. The molecule has 5 nitrogen and oxygen atoms in total. The minimum Gasteiger partial charge on any atom is -0.303 e. The molecule has 0 unspecified atom stereocenters. The summed E-state index contributed by atoms with van der Waals surface area (Å²) in [6, 6.07) is 17.7. The van der Waals surface area contributed by atoms with Gasteiger partial charge in [0.05, 0.1) is 23.6 Å². The molecule has 0 radical (unpaired) electrons. The smallest absolute Gasteiger partial charge is 0.266 e. The molecule has 158 valence electrons. The Morgan fingerprint density at radius 2 is 1.71 bits per heavy atom. The van der Waals surface area contributed by atoms with E-state index in [-0.39, 0.29) is 17.9 Å². The minimum atomic E-state index is -1.15. The van der Waals surface area contributed by atoms with Crippen LogP contribution in [0.2, 0.25) is 0 Å². The number of hydrogen-bond donors (Lipinski definition) is 1. The highest BCUT2D eigenvalue weighted by Crippen LogP contribution is 2.30. The van der Waals surface area contributed by atoms with Crippen LogP contribution in [0.15, 0.2) is 71.9 Å². The summed E-state index contributed by atoms with van der Waals surface area (Å²) >= 11 is 0. The number of benzodiazepines with no additional fused rings is 1. The van der Waals surface area contributed by atoms with E-state index in [9.17, 15) is 9.18 Å². The number of carbonyl (C=O) groups is 1. The molecule has 0 aliphatic carbocycles. The molecule has 0 fully saturated rings. The van der Waals surface area contributed by atoms with E-state index in [1.54, 1.807) is 29.3 Å². The topological polar surface area (TPSA) is 71.6 Å². The van der Waals surface area contributed by atoms with E-state index in [4.69, 9.17) is 5.73 Å². The zero-order valence-electron chi connectivity index (χ0n) is 17.8. The van der Waals surface area contributed by atoms with Crippen LogP contribution in [0.3, 0.4) is 0 Å². The molecule has 0 spiro atoms. The van der Waals surface area contributed by atoms with E-state index in [0.29, 0.717) is 22.5 Å². The highest BCUT2D eigenvalue weighted by Gasteiger charge is 2.31. The van der Waals surface area contributed by atoms with Crippen LogP contribution in [0.1, 0.15) is 43.2 Å². The van der Waals surface area contributed by atoms with Crippen molar-refractivity contribution in [2.75, 3.05) is 4.90 Å². The van der Waals surface area contributed by atoms with E-state index in [1.807, 2.05) is 36.4 Å². The average Bonchev–Trinajstić information content (AvgIpc) is 2.84. The van der Waals surface area contributed by atoms with Crippen molar-refractivity contribution >= 4 is 17.3 Å². The third kappa shape index (κ3) is 4.11. The fraction of sp³-hybridized carbons (Fsp3) is 0.240. The molecular weight excluding hydrogens is 391 g/mol. The summed E-state index contributed by atoms with van der Waals surface area (Å²) < 4.78 is 14.6. The fourth-order valence-corrected chi connectivity index (χ4v) is 3.68. The monoisotopic (exact) mass is 416 g/mol. The number of aliphatic imine (C=N–C) groups is 1. The quantitative estimate of drug-likeness (QED) is 0.696. The standard InChI is InChI=1S/C25H25FN4O/c1-25(2,3)16-12-13-28-17(14-16)15-30-21-11-7-5-9-19(21)22(29-23(27)24(30)31)18-8-4-6-10-20(18)26/h4-14,23H,15,27H2,1-3H3/t23-/m0/s1. The van der Waals surface area contributed by atoms with Crippen molar-refractivity contribution in [2.45, 2.75) is 38.9 Å². The number of nitrogens with two attached hydrogens (primary N) is 1. The molecule has 3 aromatic rings. The highest BCUT2D eigenvalue weighted by atomic mass is 19.1. The Morgan fingerprint density at radius 1 is 1.03 bits per heavy atom. The molecule has 1 amide bonds. The molecule has 1 aliphatic rings. The first-order valence-electron chi connectivity index (χ1n) is 10.2. The van der Waals surface area contributed by atoms with Gasteiger partial charge in [0, 0.05) is 17.3 Å². The molecule has 31 heavy (non-hydrogen) atoms. The van der Waals surface area contributed by atoms with Gasteiger partial charge < -0.3 is 10.6 Å². The Morgan fingerprint density at radius 3 is 2.42 bits per heavy atom. The van der Waals surface area contributed by atoms with Crippen molar-refractivity contribution in [2.24, 2.45) is 10.7 Å². The molecule has 6 heteroatoms. The number of halogens is 1. The second-order valence-corrected chi connectivity index (χ2v) is 8.63. The molecule has 4 rings (SSSR count). The molecule has 2 heterocycles. The first kappa shape index (κ1) is 20.9. The molecule has 2 aromatic carbocycles. The normalized spacial score (nSPS) is 16.5. The van der Waals surface area contributed by atoms with Gasteiger partial charge in [0.1, 0.15) is 5.82 Å². The second kappa shape index (κ2) is 8.04. The summed E-state index contributed by atoms with van der Waals surface area (Å²) in [6.45, 7) is 6.63. The molecular formula is C25H25FN4O. The number of hydrogen-bond acceptors (Lipinski definition) is 4. The highest BCUT2D eigenvalue weighted by molar-refractivity contribution is 6.20. The lowest BCUT2D eigenvalue weighted by atomic mass is 9.87.